The fourth-order valence-electron chi connectivity index (χ4n) is 13.0. The van der Waals surface area contributed by atoms with E-state index in [0.29, 0.717) is 18.5 Å². The average Bonchev–Trinajstić information content (AvgIpc) is 1.66. The van der Waals surface area contributed by atoms with Crippen LogP contribution in [0, 0.1) is 34.6 Å². The number of nitrogens with zero attached hydrogens (tertiary/aromatic N) is 14. The van der Waals surface area contributed by atoms with Crippen LogP contribution in [-0.4, -0.2) is 86.0 Å². The van der Waals surface area contributed by atoms with E-state index in [1.807, 2.05) is 188 Å². The fourth-order valence-corrected chi connectivity index (χ4v) is 13.0. The lowest BCUT2D eigenvalue weighted by Gasteiger charge is -2.28. The van der Waals surface area contributed by atoms with E-state index in [1.54, 1.807) is 0 Å². The third kappa shape index (κ3) is 23.0. The number of rotatable bonds is 5. The summed E-state index contributed by atoms with van der Waals surface area (Å²) in [6.07, 6.45) is 12.8. The van der Waals surface area contributed by atoms with Crippen LogP contribution in [0.5, 0.6) is 0 Å². The Labute approximate surface area is 671 Å². The molecule has 14 heteroatoms. The average molecular weight is 1500 g/mol. The van der Waals surface area contributed by atoms with E-state index in [1.165, 1.54) is 102 Å². The van der Waals surface area contributed by atoms with Gasteiger partial charge in [-0.05, 0) is 176 Å². The van der Waals surface area contributed by atoms with E-state index in [9.17, 15) is 0 Å². The molecule has 6 aromatic carbocycles. The van der Waals surface area contributed by atoms with Gasteiger partial charge in [-0.15, -0.1) is 0 Å². The third-order valence-corrected chi connectivity index (χ3v) is 18.6. The van der Waals surface area contributed by atoms with Crippen molar-refractivity contribution in [2.75, 3.05) is 84.2 Å². The molecule has 9 heterocycles. The Kier molecular flexibility index (Phi) is 46.4. The van der Waals surface area contributed by atoms with Gasteiger partial charge >= 0.3 is 0 Å². The number of para-hydroxylation sites is 7. The van der Waals surface area contributed by atoms with Crippen molar-refractivity contribution in [1.29, 1.82) is 0 Å². The first-order chi connectivity index (χ1) is 53.5. The first-order valence-corrected chi connectivity index (χ1v) is 41.3. The molecular formula is C96H146N14. The van der Waals surface area contributed by atoms with E-state index in [0.717, 1.165) is 11.6 Å². The van der Waals surface area contributed by atoms with Crippen LogP contribution in [0.4, 0.5) is 85.6 Å². The van der Waals surface area contributed by atoms with Crippen molar-refractivity contribution in [1.82, 2.24) is 19.9 Å². The van der Waals surface area contributed by atoms with Crippen molar-refractivity contribution in [3.63, 3.8) is 0 Å². The minimum atomic E-state index is 0.288. The monoisotopic (exact) mass is 1500 g/mol. The van der Waals surface area contributed by atoms with E-state index < -0.39 is 0 Å². The maximum Gasteiger partial charge on any atom is 0.158 e. The van der Waals surface area contributed by atoms with Gasteiger partial charge in [0.15, 0.2) is 11.6 Å². The molecule has 15 rings (SSSR count). The molecule has 110 heavy (non-hydrogen) atoms. The topological polar surface area (TPSA) is 84.0 Å². The number of benzene rings is 6. The normalized spacial score (nSPS) is 15.3. The molecule has 14 nitrogen and oxygen atoms in total. The molecule has 10 aromatic rings. The summed E-state index contributed by atoms with van der Waals surface area (Å²) < 4.78 is 0. The second-order valence-electron chi connectivity index (χ2n) is 23.9. The van der Waals surface area contributed by atoms with Crippen LogP contribution >= 0.6 is 0 Å². The van der Waals surface area contributed by atoms with Crippen molar-refractivity contribution in [2.24, 2.45) is 0 Å². The summed E-state index contributed by atoms with van der Waals surface area (Å²) in [5, 5.41) is 0. The van der Waals surface area contributed by atoms with Crippen LogP contribution in [0.2, 0.25) is 0 Å². The van der Waals surface area contributed by atoms with Crippen molar-refractivity contribution >= 4 is 85.6 Å². The lowest BCUT2D eigenvalue weighted by molar-refractivity contribution is 0.728. The number of pyridine rings is 4. The van der Waals surface area contributed by atoms with Crippen molar-refractivity contribution < 1.29 is 0 Å². The molecule has 0 saturated heterocycles. The highest BCUT2D eigenvalue weighted by molar-refractivity contribution is 5.87. The van der Waals surface area contributed by atoms with Gasteiger partial charge < -0.3 is 49.0 Å². The molecule has 5 aliphatic rings. The Morgan fingerprint density at radius 3 is 0.800 bits per heavy atom. The summed E-state index contributed by atoms with van der Waals surface area (Å²) >= 11 is 0. The van der Waals surface area contributed by atoms with Crippen LogP contribution in [0.3, 0.4) is 0 Å². The molecule has 0 saturated carbocycles. The zero-order chi connectivity index (χ0) is 83.5. The number of aromatic nitrogens is 4. The molecular weight excluding hydrogens is 1350 g/mol. The maximum atomic E-state index is 4.54. The smallest absolute Gasteiger partial charge is 0.158 e. The summed E-state index contributed by atoms with van der Waals surface area (Å²) in [6, 6.07) is 63.5. The molecule has 0 unspecified atom stereocenters. The van der Waals surface area contributed by atoms with Gasteiger partial charge in [-0.2, -0.15) is 0 Å². The number of anilines is 15. The van der Waals surface area contributed by atoms with Gasteiger partial charge in [0, 0.05) is 88.5 Å². The molecule has 600 valence electrons. The standard InChI is InChI=1S/C16H18N2.4C15H17N3.10C2H6/c1-12-8-4-5-9-14(12)18-13(2)17(3)15-10-6-7-11-16(15)18;1-11-7-4-5-8-13(11)18-12(2)17(3)15-14(18)9-6-10-16-15;1-11-7-4-5-8-13(11)18-12(2)17(3)14-9-6-10-16-15(14)18;1-11-6-4-5-7-13(11)18-12(2)17(3)15-10-16-9-8-14(15)18;1-11-6-4-5-7-13(11)18-12(2)17(3)14-8-9-16-10-15(14)18;10*1-2/h4-11,13H,1-3H3;4*4-10,12H,1-3H3;10*1-2H3/t13-;4*12-;;;;;;;;;;/m00000........../s1. The first kappa shape index (κ1) is 97.9. The Morgan fingerprint density at radius 2 is 0.427 bits per heavy atom. The second-order valence-corrected chi connectivity index (χ2v) is 23.9. The Balaban J connectivity index is 0.000000649. The molecule has 0 amide bonds. The maximum absolute atomic E-state index is 4.54. The predicted molar refractivity (Wildman–Crippen MR) is 493 cm³/mol. The molecule has 5 aliphatic heterocycles. The van der Waals surface area contributed by atoms with E-state index in [4.69, 9.17) is 0 Å². The van der Waals surface area contributed by atoms with E-state index in [2.05, 4.69) is 343 Å². The van der Waals surface area contributed by atoms with E-state index in [-0.39, 0.29) is 12.3 Å². The number of fused-ring (bicyclic) bond motifs is 5. The molecule has 5 atom stereocenters. The molecule has 0 fully saturated rings. The predicted octanol–water partition coefficient (Wildman–Crippen LogP) is 27.5. The van der Waals surface area contributed by atoms with Gasteiger partial charge in [0.25, 0.3) is 0 Å². The number of hydrogen-bond acceptors (Lipinski definition) is 14. The van der Waals surface area contributed by atoms with Gasteiger partial charge in [-0.1, -0.05) is 242 Å². The van der Waals surface area contributed by atoms with Crippen molar-refractivity contribution in [3.05, 3.63) is 247 Å². The molecule has 4 aromatic heterocycles. The minimum absolute atomic E-state index is 0.288. The van der Waals surface area contributed by atoms with Crippen LogP contribution in [-0.2, 0) is 0 Å². The van der Waals surface area contributed by atoms with Crippen molar-refractivity contribution in [2.45, 2.75) is 239 Å². The van der Waals surface area contributed by atoms with E-state index >= 15 is 0 Å². The summed E-state index contributed by atoms with van der Waals surface area (Å²) in [5.74, 6) is 2.09. The van der Waals surface area contributed by atoms with Crippen LogP contribution in [0.15, 0.2) is 219 Å². The zero-order valence-corrected chi connectivity index (χ0v) is 74.9. The SMILES string of the molecule is CC.CC.CC.CC.CC.CC.CC.CC.CC.CC.Cc1ccccc1N1c2ccccc2N(C)[C@@H]1C.Cc1ccccc1N1c2cccnc2N(C)[C@@H]1C.Cc1ccccc1N1c2ccncc2N(C)[C@@H]1C.Cc1ccccc1N1c2cnccc2N(C)[C@@H]1C.Cc1ccccc1N1c2ncccc2N(C)[C@@H]1C. The largest absolute Gasteiger partial charge is 0.353 e. The van der Waals surface area contributed by atoms with Gasteiger partial charge in [-0.3, -0.25) is 9.97 Å². The molecule has 0 aliphatic carbocycles. The summed E-state index contributed by atoms with van der Waals surface area (Å²) in [6.45, 7) is 61.8. The minimum Gasteiger partial charge on any atom is -0.353 e. The Morgan fingerprint density at radius 1 is 0.200 bits per heavy atom. The molecule has 0 bridgehead atoms. The van der Waals surface area contributed by atoms with Gasteiger partial charge in [0.05, 0.1) is 57.9 Å². The van der Waals surface area contributed by atoms with Gasteiger partial charge in [0.1, 0.15) is 30.8 Å². The van der Waals surface area contributed by atoms with Gasteiger partial charge in [-0.25, -0.2) is 9.97 Å². The van der Waals surface area contributed by atoms with Crippen LogP contribution < -0.4 is 49.0 Å². The quantitative estimate of drug-likeness (QED) is 0.164. The first-order valence-electron chi connectivity index (χ1n) is 41.3. The highest BCUT2D eigenvalue weighted by atomic mass is 15.4. The number of hydrogen-bond donors (Lipinski definition) is 0. The Bertz CT molecular complexity index is 3510. The second kappa shape index (κ2) is 52.1. The molecule has 0 spiro atoms. The third-order valence-electron chi connectivity index (χ3n) is 18.6. The lowest BCUT2D eigenvalue weighted by Crippen LogP contribution is -2.36. The number of aryl methyl sites for hydroxylation is 5. The highest BCUT2D eigenvalue weighted by Gasteiger charge is 2.37. The summed E-state index contributed by atoms with van der Waals surface area (Å²) in [5.41, 5.74) is 22.6. The zero-order valence-electron chi connectivity index (χ0n) is 74.9. The van der Waals surface area contributed by atoms with Gasteiger partial charge in [0.2, 0.25) is 0 Å². The Hall–Kier alpha value is -10.1. The molecule has 0 radical (unpaired) electrons. The summed E-state index contributed by atoms with van der Waals surface area (Å²) in [7, 11) is 10.6. The van der Waals surface area contributed by atoms with Crippen LogP contribution in [0.25, 0.3) is 0 Å². The lowest BCUT2D eigenvalue weighted by atomic mass is 10.1. The summed E-state index contributed by atoms with van der Waals surface area (Å²) in [4.78, 5) is 40.6. The fraction of sp³-hybridized carbons (Fsp3) is 0.417. The highest BCUT2D eigenvalue weighted by Crippen LogP contribution is 2.48. The van der Waals surface area contributed by atoms with Crippen LogP contribution in [0.1, 0.15) is 201 Å². The van der Waals surface area contributed by atoms with Crippen molar-refractivity contribution in [3.8, 4) is 0 Å². The molecule has 0 N–H and O–H groups in total.